The van der Waals surface area contributed by atoms with E-state index >= 15 is 0 Å². The van der Waals surface area contributed by atoms with Crippen molar-refractivity contribution >= 4 is 28.1 Å². The maximum Gasteiger partial charge on any atom is 0.302 e. The maximum absolute atomic E-state index is 9.70. The van der Waals surface area contributed by atoms with Crippen molar-refractivity contribution < 1.29 is 9.67 Å². The Morgan fingerprint density at radius 1 is 1.08 bits per heavy atom. The van der Waals surface area contributed by atoms with E-state index in [9.17, 15) is 5.11 Å². The summed E-state index contributed by atoms with van der Waals surface area (Å²) < 4.78 is 2.01. The summed E-state index contributed by atoms with van der Waals surface area (Å²) in [4.78, 5) is 20.1. The molecule has 132 valence electrons. The minimum atomic E-state index is -0.180. The molecule has 8 nitrogen and oxygen atoms in total. The molecule has 5 rings (SSSR count). The summed E-state index contributed by atoms with van der Waals surface area (Å²) in [6.45, 7) is 0. The van der Waals surface area contributed by atoms with Crippen LogP contribution in [0.4, 0.5) is 5.95 Å². The molecule has 4 aromatic rings. The predicted octanol–water partition coefficient (Wildman–Crippen LogP) is 1.83. The van der Waals surface area contributed by atoms with Crippen molar-refractivity contribution in [3.05, 3.63) is 36.9 Å². The second-order valence-electron chi connectivity index (χ2n) is 6.78. The SMILES string of the molecule is OC1CCC(Nc2nc(-[n+]3c[nH]c4ccccc43)c3[nH]cnc3n2)CC1. The first-order valence-corrected chi connectivity index (χ1v) is 8.92. The van der Waals surface area contributed by atoms with Crippen molar-refractivity contribution in [2.45, 2.75) is 37.8 Å². The lowest BCUT2D eigenvalue weighted by atomic mass is 9.93. The molecule has 0 spiro atoms. The molecule has 0 atom stereocenters. The summed E-state index contributed by atoms with van der Waals surface area (Å²) in [6.07, 6.45) is 6.81. The third-order valence-corrected chi connectivity index (χ3v) is 5.04. The summed E-state index contributed by atoms with van der Waals surface area (Å²) in [5.41, 5.74) is 3.50. The van der Waals surface area contributed by atoms with E-state index in [2.05, 4.69) is 25.3 Å². The molecular weight excluding hydrogens is 330 g/mol. The number of hydrogen-bond donors (Lipinski definition) is 4. The van der Waals surface area contributed by atoms with Crippen molar-refractivity contribution in [3.63, 3.8) is 0 Å². The number of nitrogens with one attached hydrogen (secondary N) is 3. The average Bonchev–Trinajstić information content (AvgIpc) is 3.30. The van der Waals surface area contributed by atoms with Gasteiger partial charge in [-0.1, -0.05) is 17.1 Å². The number of imidazole rings is 2. The van der Waals surface area contributed by atoms with Crippen molar-refractivity contribution in [1.82, 2.24) is 24.9 Å². The van der Waals surface area contributed by atoms with Crippen molar-refractivity contribution in [2.75, 3.05) is 5.32 Å². The summed E-state index contributed by atoms with van der Waals surface area (Å²) in [6, 6.07) is 8.36. The Bertz CT molecular complexity index is 1060. The summed E-state index contributed by atoms with van der Waals surface area (Å²) >= 11 is 0. The highest BCUT2D eigenvalue weighted by atomic mass is 16.3. The van der Waals surface area contributed by atoms with E-state index in [1.54, 1.807) is 6.33 Å². The number of rotatable bonds is 3. The van der Waals surface area contributed by atoms with Gasteiger partial charge in [0.15, 0.2) is 17.5 Å². The minimum absolute atomic E-state index is 0.180. The molecule has 1 fully saturated rings. The lowest BCUT2D eigenvalue weighted by Gasteiger charge is -2.25. The summed E-state index contributed by atoms with van der Waals surface area (Å²) in [5, 5.41) is 13.1. The van der Waals surface area contributed by atoms with Crippen LogP contribution in [0.5, 0.6) is 0 Å². The fourth-order valence-corrected chi connectivity index (χ4v) is 3.64. The number of aromatic nitrogens is 6. The molecule has 26 heavy (non-hydrogen) atoms. The second-order valence-corrected chi connectivity index (χ2v) is 6.78. The van der Waals surface area contributed by atoms with Crippen molar-refractivity contribution in [1.29, 1.82) is 0 Å². The normalized spacial score (nSPS) is 20.7. The number of benzene rings is 1. The van der Waals surface area contributed by atoms with Gasteiger partial charge in [0.1, 0.15) is 11.0 Å². The number of aliphatic hydroxyl groups excluding tert-OH is 1. The van der Waals surface area contributed by atoms with Gasteiger partial charge in [-0.15, -0.1) is 0 Å². The Morgan fingerprint density at radius 3 is 2.81 bits per heavy atom. The van der Waals surface area contributed by atoms with Crippen LogP contribution in [-0.2, 0) is 0 Å². The van der Waals surface area contributed by atoms with Crippen LogP contribution in [0.15, 0.2) is 36.9 Å². The predicted molar refractivity (Wildman–Crippen MR) is 97.0 cm³/mol. The molecule has 1 aromatic carbocycles. The number of anilines is 1. The zero-order chi connectivity index (χ0) is 17.5. The van der Waals surface area contributed by atoms with Gasteiger partial charge >= 0.3 is 5.95 Å². The highest BCUT2D eigenvalue weighted by Gasteiger charge is 2.24. The first-order chi connectivity index (χ1) is 12.8. The monoisotopic (exact) mass is 350 g/mol. The third-order valence-electron chi connectivity index (χ3n) is 5.04. The number of aliphatic hydroxyl groups is 1. The quantitative estimate of drug-likeness (QED) is 0.422. The molecule has 0 saturated heterocycles. The van der Waals surface area contributed by atoms with Crippen LogP contribution in [0.25, 0.3) is 28.0 Å². The van der Waals surface area contributed by atoms with Crippen LogP contribution >= 0.6 is 0 Å². The first kappa shape index (κ1) is 15.3. The molecule has 0 unspecified atom stereocenters. The Morgan fingerprint density at radius 2 is 1.92 bits per heavy atom. The van der Waals surface area contributed by atoms with E-state index in [-0.39, 0.29) is 12.1 Å². The zero-order valence-corrected chi connectivity index (χ0v) is 14.2. The smallest absolute Gasteiger partial charge is 0.302 e. The van der Waals surface area contributed by atoms with Crippen LogP contribution in [-0.4, -0.2) is 42.2 Å². The minimum Gasteiger partial charge on any atom is -0.393 e. The van der Waals surface area contributed by atoms with Gasteiger partial charge in [0, 0.05) is 6.04 Å². The van der Waals surface area contributed by atoms with Gasteiger partial charge in [-0.2, -0.15) is 9.55 Å². The second kappa shape index (κ2) is 6.06. The highest BCUT2D eigenvalue weighted by molar-refractivity contribution is 5.79. The fraction of sp³-hybridized carbons (Fsp3) is 0.333. The summed E-state index contributed by atoms with van der Waals surface area (Å²) in [7, 11) is 0. The van der Waals surface area contributed by atoms with E-state index in [1.165, 1.54) is 0 Å². The molecule has 1 aliphatic carbocycles. The Labute approximate surface area is 149 Å². The van der Waals surface area contributed by atoms with E-state index < -0.39 is 0 Å². The largest absolute Gasteiger partial charge is 0.393 e. The van der Waals surface area contributed by atoms with Crippen LogP contribution in [0.1, 0.15) is 25.7 Å². The molecule has 0 bridgehead atoms. The number of hydrogen-bond acceptors (Lipinski definition) is 5. The van der Waals surface area contributed by atoms with Gasteiger partial charge in [-0.3, -0.25) is 4.98 Å². The van der Waals surface area contributed by atoms with Gasteiger partial charge in [0.05, 0.1) is 12.4 Å². The molecule has 1 aliphatic rings. The standard InChI is InChI=1S/C18H19N7O/c26-12-7-5-11(6-8-12)22-18-23-16-15(19-9-20-16)17(24-18)25-10-21-13-3-1-2-4-14(13)25/h1-4,9-12,26H,5-8H2,(H2,19,20,22,23,24)/p+1. The molecule has 3 heterocycles. The van der Waals surface area contributed by atoms with Crippen LogP contribution in [0.3, 0.4) is 0 Å². The van der Waals surface area contributed by atoms with E-state index in [0.717, 1.165) is 48.1 Å². The molecule has 1 saturated carbocycles. The molecule has 8 heteroatoms. The Kier molecular flexibility index (Phi) is 3.56. The average molecular weight is 350 g/mol. The number of fused-ring (bicyclic) bond motifs is 2. The molecule has 4 N–H and O–H groups in total. The Balaban J connectivity index is 1.57. The number of nitrogens with zero attached hydrogens (tertiary/aromatic N) is 4. The number of H-pyrrole nitrogens is 2. The van der Waals surface area contributed by atoms with Crippen molar-refractivity contribution in [3.8, 4) is 5.82 Å². The van der Waals surface area contributed by atoms with Gasteiger partial charge in [-0.25, -0.2) is 4.98 Å². The maximum atomic E-state index is 9.70. The Hall–Kier alpha value is -3.00. The summed E-state index contributed by atoms with van der Waals surface area (Å²) in [5.74, 6) is 1.32. The molecule has 0 amide bonds. The van der Waals surface area contributed by atoms with Crippen LogP contribution in [0, 0.1) is 0 Å². The first-order valence-electron chi connectivity index (χ1n) is 8.92. The van der Waals surface area contributed by atoms with Gasteiger partial charge in [0.2, 0.25) is 0 Å². The third kappa shape index (κ3) is 2.59. The fourth-order valence-electron chi connectivity index (χ4n) is 3.64. The number of para-hydroxylation sites is 2. The number of aromatic amines is 2. The van der Waals surface area contributed by atoms with E-state index in [4.69, 9.17) is 4.98 Å². The molecule has 0 radical (unpaired) electrons. The van der Waals surface area contributed by atoms with Crippen LogP contribution in [0.2, 0.25) is 0 Å². The highest BCUT2D eigenvalue weighted by Crippen LogP contribution is 2.22. The van der Waals surface area contributed by atoms with Crippen molar-refractivity contribution in [2.24, 2.45) is 0 Å². The molecule has 3 aromatic heterocycles. The lowest BCUT2D eigenvalue weighted by Crippen LogP contribution is -2.32. The topological polar surface area (TPSA) is 106 Å². The van der Waals surface area contributed by atoms with E-state index in [1.807, 2.05) is 35.2 Å². The zero-order valence-electron chi connectivity index (χ0n) is 14.2. The lowest BCUT2D eigenvalue weighted by molar-refractivity contribution is -0.569. The van der Waals surface area contributed by atoms with E-state index in [0.29, 0.717) is 11.6 Å². The van der Waals surface area contributed by atoms with Gasteiger partial charge in [0.25, 0.3) is 5.82 Å². The molecule has 0 aliphatic heterocycles. The molecular formula is C18H20N7O+. The van der Waals surface area contributed by atoms with Crippen LogP contribution < -0.4 is 9.88 Å². The van der Waals surface area contributed by atoms with Gasteiger partial charge < -0.3 is 15.4 Å². The van der Waals surface area contributed by atoms with Gasteiger partial charge in [-0.05, 0) is 37.8 Å².